The highest BCUT2D eigenvalue weighted by Gasteiger charge is 2.30. The van der Waals surface area contributed by atoms with Crippen molar-refractivity contribution in [2.45, 2.75) is 51.6 Å². The Labute approximate surface area is 190 Å². The van der Waals surface area contributed by atoms with E-state index in [1.165, 1.54) is 40.9 Å². The number of nitrogens with zero attached hydrogens (tertiary/aromatic N) is 5. The molecule has 0 saturated carbocycles. The molecule has 3 aliphatic rings. The van der Waals surface area contributed by atoms with Crippen LogP contribution in [0.25, 0.3) is 0 Å². The van der Waals surface area contributed by atoms with E-state index in [4.69, 9.17) is 9.97 Å². The van der Waals surface area contributed by atoms with Gasteiger partial charge in [-0.15, -0.1) is 0 Å². The van der Waals surface area contributed by atoms with E-state index in [-0.39, 0.29) is 11.8 Å². The van der Waals surface area contributed by atoms with E-state index in [1.807, 2.05) is 11.9 Å². The van der Waals surface area contributed by atoms with Gasteiger partial charge in [0.05, 0.1) is 5.69 Å². The molecule has 32 heavy (non-hydrogen) atoms. The largest absolute Gasteiger partial charge is 0.374 e. The molecule has 7 nitrogen and oxygen atoms in total. The Kier molecular flexibility index (Phi) is 5.76. The molecule has 0 unspecified atom stereocenters. The average molecular weight is 435 g/mol. The molecular formula is C25H34N6O. The van der Waals surface area contributed by atoms with Crippen molar-refractivity contribution in [2.24, 2.45) is 0 Å². The Bertz CT molecular complexity index is 1000. The first-order valence-electron chi connectivity index (χ1n) is 11.9. The maximum atomic E-state index is 11.7. The van der Waals surface area contributed by atoms with Gasteiger partial charge in [0.25, 0.3) is 0 Å². The van der Waals surface area contributed by atoms with Gasteiger partial charge in [0.15, 0.2) is 0 Å². The monoisotopic (exact) mass is 434 g/mol. The van der Waals surface area contributed by atoms with Gasteiger partial charge in [-0.25, -0.2) is 9.97 Å². The van der Waals surface area contributed by atoms with E-state index in [2.05, 4.69) is 40.4 Å². The van der Waals surface area contributed by atoms with E-state index >= 15 is 0 Å². The number of carbonyl (C=O) groups is 1. The van der Waals surface area contributed by atoms with Gasteiger partial charge in [0, 0.05) is 83.9 Å². The van der Waals surface area contributed by atoms with E-state index in [0.717, 1.165) is 63.8 Å². The summed E-state index contributed by atoms with van der Waals surface area (Å²) in [7, 11) is 4.14. The maximum absolute atomic E-state index is 11.7. The standard InChI is InChI=1S/C25H34N6O/c1-17(32)31-12-8-20(15-31)24-27-22-9-11-30(16-21(22)25(26-2)28-24)14-18-6-7-23-19(13-18)5-4-10-29(23)3/h6-7,13,20H,4-5,8-12,14-16H2,1-3H3,(H,26,27,28)/t20-/m1/s1. The fourth-order valence-electron chi connectivity index (χ4n) is 5.47. The van der Waals surface area contributed by atoms with Gasteiger partial charge >= 0.3 is 0 Å². The third-order valence-corrected chi connectivity index (χ3v) is 7.29. The number of rotatable bonds is 4. The van der Waals surface area contributed by atoms with Crippen LogP contribution in [0.3, 0.4) is 0 Å². The molecule has 4 heterocycles. The highest BCUT2D eigenvalue weighted by Crippen LogP contribution is 2.31. The summed E-state index contributed by atoms with van der Waals surface area (Å²) in [6.45, 7) is 7.16. The van der Waals surface area contributed by atoms with E-state index < -0.39 is 0 Å². The summed E-state index contributed by atoms with van der Waals surface area (Å²) < 4.78 is 0. The third kappa shape index (κ3) is 4.06. The number of nitrogens with one attached hydrogen (secondary N) is 1. The van der Waals surface area contributed by atoms with Crippen molar-refractivity contribution in [2.75, 3.05) is 50.5 Å². The molecule has 0 aliphatic carbocycles. The fourth-order valence-corrected chi connectivity index (χ4v) is 5.47. The van der Waals surface area contributed by atoms with Crippen LogP contribution in [0.1, 0.15) is 53.9 Å². The van der Waals surface area contributed by atoms with Crippen molar-refractivity contribution in [3.63, 3.8) is 0 Å². The second-order valence-electron chi connectivity index (χ2n) is 9.51. The maximum Gasteiger partial charge on any atom is 0.219 e. The minimum Gasteiger partial charge on any atom is -0.374 e. The Morgan fingerprint density at radius 3 is 2.84 bits per heavy atom. The van der Waals surface area contributed by atoms with Crippen LogP contribution in [-0.4, -0.2) is 65.9 Å². The summed E-state index contributed by atoms with van der Waals surface area (Å²) in [6, 6.07) is 6.98. The molecule has 1 aromatic carbocycles. The fraction of sp³-hybridized carbons (Fsp3) is 0.560. The predicted molar refractivity (Wildman–Crippen MR) is 127 cm³/mol. The molecule has 170 valence electrons. The topological polar surface area (TPSA) is 64.6 Å². The molecule has 0 radical (unpaired) electrons. The lowest BCUT2D eigenvalue weighted by molar-refractivity contribution is -0.127. The first kappa shape index (κ1) is 21.2. The summed E-state index contributed by atoms with van der Waals surface area (Å²) in [6.07, 6.45) is 4.30. The number of likely N-dealkylation sites (tertiary alicyclic amines) is 1. The number of fused-ring (bicyclic) bond motifs is 2. The van der Waals surface area contributed by atoms with Gasteiger partial charge in [-0.05, 0) is 36.5 Å². The Morgan fingerprint density at radius 2 is 2.06 bits per heavy atom. The Hall–Kier alpha value is -2.67. The van der Waals surface area contributed by atoms with Crippen molar-refractivity contribution >= 4 is 17.4 Å². The van der Waals surface area contributed by atoms with Crippen LogP contribution in [0.2, 0.25) is 0 Å². The molecule has 1 aromatic heterocycles. The summed E-state index contributed by atoms with van der Waals surface area (Å²) >= 11 is 0. The normalized spacial score (nSPS) is 20.8. The molecule has 5 rings (SSSR count). The quantitative estimate of drug-likeness (QED) is 0.798. The molecule has 0 spiro atoms. The molecule has 1 saturated heterocycles. The molecule has 2 aromatic rings. The lowest BCUT2D eigenvalue weighted by Gasteiger charge is -2.31. The SMILES string of the molecule is CNc1nc([C@@H]2CCN(C(C)=O)C2)nc2c1CN(Cc1ccc3c(c1)CCCN3C)CC2. The zero-order chi connectivity index (χ0) is 22.2. The zero-order valence-electron chi connectivity index (χ0n) is 19.5. The van der Waals surface area contributed by atoms with Crippen LogP contribution < -0.4 is 10.2 Å². The van der Waals surface area contributed by atoms with Crippen LogP contribution >= 0.6 is 0 Å². The number of aromatic nitrogens is 2. The number of hydrogen-bond donors (Lipinski definition) is 1. The number of anilines is 2. The van der Waals surface area contributed by atoms with Crippen LogP contribution in [0, 0.1) is 0 Å². The number of aryl methyl sites for hydroxylation is 1. The van der Waals surface area contributed by atoms with Gasteiger partial charge in [0.1, 0.15) is 11.6 Å². The Morgan fingerprint density at radius 1 is 1.19 bits per heavy atom. The minimum atomic E-state index is 0.142. The van der Waals surface area contributed by atoms with Gasteiger partial charge < -0.3 is 15.1 Å². The second kappa shape index (κ2) is 8.70. The summed E-state index contributed by atoms with van der Waals surface area (Å²) in [5, 5.41) is 3.32. The number of hydrogen-bond acceptors (Lipinski definition) is 6. The van der Waals surface area contributed by atoms with E-state index in [0.29, 0.717) is 0 Å². The lowest BCUT2D eigenvalue weighted by Crippen LogP contribution is -2.32. The van der Waals surface area contributed by atoms with Crippen molar-refractivity contribution in [3.8, 4) is 0 Å². The first-order valence-corrected chi connectivity index (χ1v) is 11.9. The molecule has 1 N–H and O–H groups in total. The van der Waals surface area contributed by atoms with Crippen molar-refractivity contribution in [3.05, 3.63) is 46.4 Å². The van der Waals surface area contributed by atoms with Crippen molar-refractivity contribution in [1.29, 1.82) is 0 Å². The minimum absolute atomic E-state index is 0.142. The molecule has 1 fully saturated rings. The number of amides is 1. The van der Waals surface area contributed by atoms with E-state index in [1.54, 1.807) is 6.92 Å². The van der Waals surface area contributed by atoms with Crippen LogP contribution in [0.15, 0.2) is 18.2 Å². The molecule has 0 bridgehead atoms. The first-order chi connectivity index (χ1) is 15.5. The Balaban J connectivity index is 1.32. The molecule has 7 heteroatoms. The van der Waals surface area contributed by atoms with Crippen molar-refractivity contribution in [1.82, 2.24) is 19.8 Å². The summed E-state index contributed by atoms with van der Waals surface area (Å²) in [4.78, 5) is 28.4. The third-order valence-electron chi connectivity index (χ3n) is 7.29. The van der Waals surface area contributed by atoms with Crippen LogP contribution in [-0.2, 0) is 30.7 Å². The average Bonchev–Trinajstić information content (AvgIpc) is 3.29. The molecular weight excluding hydrogens is 400 g/mol. The molecule has 3 aliphatic heterocycles. The summed E-state index contributed by atoms with van der Waals surface area (Å²) in [5.74, 6) is 2.22. The van der Waals surface area contributed by atoms with Crippen LogP contribution in [0.5, 0.6) is 0 Å². The predicted octanol–water partition coefficient (Wildman–Crippen LogP) is 2.79. The summed E-state index contributed by atoms with van der Waals surface area (Å²) in [5.41, 5.74) is 6.65. The van der Waals surface area contributed by atoms with Crippen LogP contribution in [0.4, 0.5) is 11.5 Å². The van der Waals surface area contributed by atoms with Gasteiger partial charge in [0.2, 0.25) is 5.91 Å². The molecule has 1 amide bonds. The number of benzene rings is 1. The van der Waals surface area contributed by atoms with Crippen molar-refractivity contribution < 1.29 is 4.79 Å². The highest BCUT2D eigenvalue weighted by molar-refractivity contribution is 5.73. The van der Waals surface area contributed by atoms with Gasteiger partial charge in [-0.2, -0.15) is 0 Å². The smallest absolute Gasteiger partial charge is 0.219 e. The highest BCUT2D eigenvalue weighted by atomic mass is 16.2. The van der Waals surface area contributed by atoms with Gasteiger partial charge in [-0.3, -0.25) is 9.69 Å². The molecule has 1 atom stereocenters. The lowest BCUT2D eigenvalue weighted by atomic mass is 9.98. The van der Waals surface area contributed by atoms with E-state index in [9.17, 15) is 4.79 Å². The zero-order valence-corrected chi connectivity index (χ0v) is 19.5. The second-order valence-corrected chi connectivity index (χ2v) is 9.51. The number of carbonyl (C=O) groups excluding carboxylic acids is 1. The van der Waals surface area contributed by atoms with Gasteiger partial charge in [-0.1, -0.05) is 12.1 Å².